The number of likely N-dealkylation sites (tertiary alicyclic amines) is 1. The summed E-state index contributed by atoms with van der Waals surface area (Å²) in [6.07, 6.45) is -1.48. The number of alkyl halides is 3. The molecule has 3 rings (SSSR count). The van der Waals surface area contributed by atoms with Crippen LogP contribution in [0.3, 0.4) is 0 Å². The second-order valence-corrected chi connectivity index (χ2v) is 6.74. The van der Waals surface area contributed by atoms with Crippen LogP contribution in [0.1, 0.15) is 41.6 Å². The summed E-state index contributed by atoms with van der Waals surface area (Å²) in [5.74, 6) is -0.383. The van der Waals surface area contributed by atoms with Gasteiger partial charge in [-0.3, -0.25) is 4.79 Å². The minimum atomic E-state index is -4.47. The number of rotatable bonds is 3. The third kappa shape index (κ3) is 3.27. The number of methoxy groups -OCH3 is 2. The summed E-state index contributed by atoms with van der Waals surface area (Å²) in [6.45, 7) is 0.476. The number of ether oxygens (including phenoxy) is 2. The van der Waals surface area contributed by atoms with Gasteiger partial charge in [0.05, 0.1) is 23.3 Å². The third-order valence-corrected chi connectivity index (χ3v) is 5.57. The fourth-order valence-corrected chi connectivity index (χ4v) is 4.11. The molecule has 138 valence electrons. The molecule has 0 N–H and O–H groups in total. The van der Waals surface area contributed by atoms with E-state index >= 15 is 0 Å². The number of amides is 1. The molecule has 1 aliphatic carbocycles. The van der Waals surface area contributed by atoms with E-state index in [0.717, 1.165) is 25.0 Å². The molecule has 3 atom stereocenters. The lowest BCUT2D eigenvalue weighted by Crippen LogP contribution is -2.53. The molecule has 1 amide bonds. The van der Waals surface area contributed by atoms with Gasteiger partial charge in [-0.2, -0.15) is 13.2 Å². The van der Waals surface area contributed by atoms with E-state index in [-0.39, 0.29) is 23.6 Å². The van der Waals surface area contributed by atoms with Gasteiger partial charge in [-0.1, -0.05) is 6.07 Å². The number of hydrogen-bond acceptors (Lipinski definition) is 3. The minimum Gasteiger partial charge on any atom is -0.381 e. The van der Waals surface area contributed by atoms with Crippen LogP contribution in [0, 0.1) is 0 Å². The smallest absolute Gasteiger partial charge is 0.381 e. The van der Waals surface area contributed by atoms with E-state index < -0.39 is 17.3 Å². The highest BCUT2D eigenvalue weighted by Gasteiger charge is 2.52. The molecule has 1 saturated heterocycles. The Labute approximate surface area is 144 Å². The maximum absolute atomic E-state index is 12.9. The first-order valence-corrected chi connectivity index (χ1v) is 8.37. The van der Waals surface area contributed by atoms with Crippen LogP contribution in [0.4, 0.5) is 13.2 Å². The van der Waals surface area contributed by atoms with Crippen molar-refractivity contribution in [2.75, 3.05) is 20.8 Å². The molecular formula is C18H22F3NO3. The van der Waals surface area contributed by atoms with E-state index in [1.807, 2.05) is 0 Å². The average Bonchev–Trinajstić information content (AvgIpc) is 2.99. The molecule has 2 fully saturated rings. The zero-order valence-electron chi connectivity index (χ0n) is 14.3. The van der Waals surface area contributed by atoms with Gasteiger partial charge in [0.15, 0.2) is 0 Å². The summed E-state index contributed by atoms with van der Waals surface area (Å²) in [5, 5.41) is 0. The van der Waals surface area contributed by atoms with Crippen molar-refractivity contribution >= 4 is 5.91 Å². The molecule has 1 aromatic rings. The van der Waals surface area contributed by atoms with Crippen molar-refractivity contribution in [3.05, 3.63) is 35.4 Å². The Hall–Kier alpha value is -1.60. The minimum absolute atomic E-state index is 0.0307. The molecule has 0 aromatic heterocycles. The van der Waals surface area contributed by atoms with E-state index in [2.05, 4.69) is 0 Å². The summed E-state index contributed by atoms with van der Waals surface area (Å²) in [5.41, 5.74) is -1.18. The first-order chi connectivity index (χ1) is 11.8. The van der Waals surface area contributed by atoms with Gasteiger partial charge in [-0.05, 0) is 43.9 Å². The third-order valence-electron chi connectivity index (χ3n) is 5.57. The highest BCUT2D eigenvalue weighted by atomic mass is 19.4. The molecule has 1 aliphatic heterocycles. The zero-order chi connectivity index (χ0) is 18.2. The quantitative estimate of drug-likeness (QED) is 0.831. The predicted octanol–water partition coefficient (Wildman–Crippen LogP) is 3.50. The highest BCUT2D eigenvalue weighted by Crippen LogP contribution is 2.43. The van der Waals surface area contributed by atoms with Gasteiger partial charge in [-0.25, -0.2) is 0 Å². The van der Waals surface area contributed by atoms with Crippen LogP contribution in [-0.2, 0) is 15.7 Å². The van der Waals surface area contributed by atoms with Crippen molar-refractivity contribution in [3.63, 3.8) is 0 Å². The topological polar surface area (TPSA) is 38.8 Å². The molecule has 25 heavy (non-hydrogen) atoms. The Morgan fingerprint density at radius 2 is 2.04 bits per heavy atom. The Balaban J connectivity index is 1.87. The fourth-order valence-electron chi connectivity index (χ4n) is 4.11. The van der Waals surface area contributed by atoms with Crippen LogP contribution in [0.5, 0.6) is 0 Å². The van der Waals surface area contributed by atoms with E-state index in [1.165, 1.54) is 12.1 Å². The number of carbonyl (C=O) groups excluding carboxylic acids is 1. The monoisotopic (exact) mass is 357 g/mol. The van der Waals surface area contributed by atoms with Gasteiger partial charge in [0.1, 0.15) is 0 Å². The number of carbonyl (C=O) groups is 1. The van der Waals surface area contributed by atoms with Crippen LogP contribution in [0.15, 0.2) is 24.3 Å². The first kappa shape index (κ1) is 18.2. The Bertz CT molecular complexity index is 649. The molecule has 2 aliphatic rings. The van der Waals surface area contributed by atoms with Crippen LogP contribution in [-0.4, -0.2) is 49.3 Å². The largest absolute Gasteiger partial charge is 0.416 e. The molecule has 1 heterocycles. The average molecular weight is 357 g/mol. The maximum atomic E-state index is 12.9. The van der Waals surface area contributed by atoms with E-state index in [4.69, 9.17) is 9.47 Å². The van der Waals surface area contributed by atoms with Crippen LogP contribution in [0.25, 0.3) is 0 Å². The van der Waals surface area contributed by atoms with Gasteiger partial charge >= 0.3 is 6.18 Å². The number of nitrogens with zero attached hydrogens (tertiary/aromatic N) is 1. The lowest BCUT2D eigenvalue weighted by atomic mass is 9.79. The van der Waals surface area contributed by atoms with Crippen molar-refractivity contribution in [1.82, 2.24) is 4.90 Å². The Kier molecular flexibility index (Phi) is 4.81. The van der Waals surface area contributed by atoms with Gasteiger partial charge in [0.25, 0.3) is 5.91 Å². The Morgan fingerprint density at radius 1 is 1.28 bits per heavy atom. The molecule has 0 bridgehead atoms. The predicted molar refractivity (Wildman–Crippen MR) is 85.3 cm³/mol. The molecule has 1 aromatic carbocycles. The number of hydrogen-bond donors (Lipinski definition) is 0. The van der Waals surface area contributed by atoms with Crippen LogP contribution >= 0.6 is 0 Å². The fraction of sp³-hybridized carbons (Fsp3) is 0.611. The normalized spacial score (nSPS) is 29.6. The lowest BCUT2D eigenvalue weighted by molar-refractivity contribution is -0.137. The lowest BCUT2D eigenvalue weighted by Gasteiger charge is -2.43. The maximum Gasteiger partial charge on any atom is 0.416 e. The van der Waals surface area contributed by atoms with Gasteiger partial charge < -0.3 is 14.4 Å². The van der Waals surface area contributed by atoms with Crippen molar-refractivity contribution in [2.24, 2.45) is 0 Å². The van der Waals surface area contributed by atoms with Crippen molar-refractivity contribution in [3.8, 4) is 0 Å². The summed E-state index contributed by atoms with van der Waals surface area (Å²) in [7, 11) is 3.27. The zero-order valence-corrected chi connectivity index (χ0v) is 14.3. The van der Waals surface area contributed by atoms with Crippen molar-refractivity contribution < 1.29 is 27.4 Å². The number of benzene rings is 1. The number of halogens is 3. The second-order valence-electron chi connectivity index (χ2n) is 6.74. The summed E-state index contributed by atoms with van der Waals surface area (Å²) in [6, 6.07) is 4.42. The molecule has 1 saturated carbocycles. The SMILES string of the molecule is CO[C@H]1CC[C@@]2(OC)CCN(C(=O)c3cccc(C(F)(F)F)c3)[C@H]2C1. The second kappa shape index (κ2) is 6.61. The van der Waals surface area contributed by atoms with Crippen molar-refractivity contribution in [2.45, 2.75) is 49.6 Å². The van der Waals surface area contributed by atoms with Gasteiger partial charge in [0, 0.05) is 26.3 Å². The number of fused-ring (bicyclic) bond motifs is 1. The van der Waals surface area contributed by atoms with Crippen LogP contribution < -0.4 is 0 Å². The molecule has 0 spiro atoms. The molecule has 0 radical (unpaired) electrons. The first-order valence-electron chi connectivity index (χ1n) is 8.37. The molecule has 0 unspecified atom stereocenters. The van der Waals surface area contributed by atoms with Crippen molar-refractivity contribution in [1.29, 1.82) is 0 Å². The van der Waals surface area contributed by atoms with E-state index in [1.54, 1.807) is 19.1 Å². The summed E-state index contributed by atoms with van der Waals surface area (Å²) >= 11 is 0. The standard InChI is InChI=1S/C18H22F3NO3/c1-24-14-6-7-17(25-2)8-9-22(15(17)11-14)16(23)12-4-3-5-13(10-12)18(19,20)21/h3-5,10,14-15H,6-9,11H2,1-2H3/t14-,15-,17+/m0/s1. The molecule has 4 nitrogen and oxygen atoms in total. The highest BCUT2D eigenvalue weighted by molar-refractivity contribution is 5.95. The summed E-state index contributed by atoms with van der Waals surface area (Å²) < 4.78 is 50.0. The van der Waals surface area contributed by atoms with E-state index in [9.17, 15) is 18.0 Å². The van der Waals surface area contributed by atoms with Gasteiger partial charge in [-0.15, -0.1) is 0 Å². The summed E-state index contributed by atoms with van der Waals surface area (Å²) in [4.78, 5) is 14.6. The van der Waals surface area contributed by atoms with Gasteiger partial charge in [0.2, 0.25) is 0 Å². The van der Waals surface area contributed by atoms with Crippen LogP contribution in [0.2, 0.25) is 0 Å². The van der Waals surface area contributed by atoms with E-state index in [0.29, 0.717) is 19.4 Å². The molecular weight excluding hydrogens is 335 g/mol. The molecule has 7 heteroatoms. The Morgan fingerprint density at radius 3 is 2.68 bits per heavy atom.